The van der Waals surface area contributed by atoms with Crippen LogP contribution in [0.2, 0.25) is 18.1 Å². The highest BCUT2D eigenvalue weighted by molar-refractivity contribution is 6.74. The van der Waals surface area contributed by atoms with Crippen LogP contribution in [0, 0.1) is 0 Å². The molecule has 3 nitrogen and oxygen atoms in total. The van der Waals surface area contributed by atoms with Gasteiger partial charge in [-0.05, 0) is 18.1 Å². The molecule has 0 saturated carbocycles. The molecule has 0 aromatic carbocycles. The van der Waals surface area contributed by atoms with Crippen molar-refractivity contribution in [1.82, 2.24) is 0 Å². The molecular weight excluding hydrogens is 232 g/mol. The summed E-state index contributed by atoms with van der Waals surface area (Å²) < 4.78 is 12.2. The van der Waals surface area contributed by atoms with Crippen LogP contribution in [0.5, 0.6) is 0 Å². The zero-order valence-corrected chi connectivity index (χ0v) is 12.6. The van der Waals surface area contributed by atoms with E-state index in [9.17, 15) is 4.79 Å². The lowest BCUT2D eigenvalue weighted by atomic mass is 10.1. The highest BCUT2D eigenvalue weighted by Crippen LogP contribution is 2.41. The Kier molecular flexibility index (Phi) is 3.25. The van der Waals surface area contributed by atoms with Gasteiger partial charge in [-0.1, -0.05) is 20.8 Å². The molecule has 2 bridgehead atoms. The van der Waals surface area contributed by atoms with Crippen molar-refractivity contribution in [2.24, 2.45) is 0 Å². The lowest BCUT2D eigenvalue weighted by Gasteiger charge is -2.39. The first-order chi connectivity index (χ1) is 7.69. The zero-order chi connectivity index (χ0) is 12.8. The normalized spacial score (nSPS) is 34.2. The second kappa shape index (κ2) is 4.18. The van der Waals surface area contributed by atoms with Crippen molar-refractivity contribution in [2.75, 3.05) is 0 Å². The van der Waals surface area contributed by atoms with Crippen molar-refractivity contribution >= 4 is 14.1 Å². The molecule has 2 fully saturated rings. The average Bonchev–Trinajstić information content (AvgIpc) is 2.38. The minimum absolute atomic E-state index is 0.0235. The van der Waals surface area contributed by atoms with E-state index in [0.29, 0.717) is 18.6 Å². The number of carbonyl (C=O) groups is 1. The molecule has 0 amide bonds. The van der Waals surface area contributed by atoms with Gasteiger partial charge >= 0.3 is 0 Å². The third kappa shape index (κ3) is 2.64. The Labute approximate surface area is 105 Å². The molecule has 0 aliphatic carbocycles. The molecule has 0 N–H and O–H groups in total. The van der Waals surface area contributed by atoms with Gasteiger partial charge in [0, 0.05) is 19.3 Å². The number of Topliss-reactive ketones (excluding diaryl/α,β-unsaturated/α-hetero) is 1. The minimum atomic E-state index is -1.74. The van der Waals surface area contributed by atoms with Crippen molar-refractivity contribution < 1.29 is 14.0 Å². The SMILES string of the molecule is CC(C)(C)[Si](C)(C)O[C@@H]1C[C@H]2CC(=O)C[C@@H]1O2. The monoisotopic (exact) mass is 256 g/mol. The van der Waals surface area contributed by atoms with Gasteiger partial charge in [0.1, 0.15) is 5.78 Å². The number of fused-ring (bicyclic) bond motifs is 2. The van der Waals surface area contributed by atoms with E-state index in [4.69, 9.17) is 9.16 Å². The quantitative estimate of drug-likeness (QED) is 0.713. The summed E-state index contributed by atoms with van der Waals surface area (Å²) in [6, 6.07) is 0. The lowest BCUT2D eigenvalue weighted by molar-refractivity contribution is -0.131. The Balaban J connectivity index is 2.04. The number of ether oxygens (including phenoxy) is 1. The van der Waals surface area contributed by atoms with E-state index in [1.54, 1.807) is 0 Å². The summed E-state index contributed by atoms with van der Waals surface area (Å²) in [6.45, 7) is 11.2. The Morgan fingerprint density at radius 1 is 1.29 bits per heavy atom. The van der Waals surface area contributed by atoms with E-state index in [1.165, 1.54) is 0 Å². The van der Waals surface area contributed by atoms with E-state index in [-0.39, 0.29) is 23.4 Å². The summed E-state index contributed by atoms with van der Waals surface area (Å²) in [5.41, 5.74) is 0. The topological polar surface area (TPSA) is 35.5 Å². The second-order valence-corrected chi connectivity index (χ2v) is 11.7. The molecular formula is C13H24O3Si. The number of ketones is 1. The molecule has 0 aromatic rings. The van der Waals surface area contributed by atoms with Gasteiger partial charge in [-0.3, -0.25) is 4.79 Å². The standard InChI is InChI=1S/C13H24O3Si/c1-13(2,3)17(4,5)16-12-8-10-6-9(14)7-11(12)15-10/h10-12H,6-8H2,1-5H3/t10-,11+,12-/m1/s1. The Bertz CT molecular complexity index is 319. The Morgan fingerprint density at radius 3 is 2.53 bits per heavy atom. The zero-order valence-electron chi connectivity index (χ0n) is 11.6. The number of hydrogen-bond acceptors (Lipinski definition) is 3. The minimum Gasteiger partial charge on any atom is -0.411 e. The predicted octanol–water partition coefficient (Wildman–Crippen LogP) is 2.90. The van der Waals surface area contributed by atoms with Gasteiger partial charge < -0.3 is 9.16 Å². The molecule has 0 unspecified atom stereocenters. The maximum absolute atomic E-state index is 11.5. The molecule has 2 aliphatic heterocycles. The van der Waals surface area contributed by atoms with Crippen molar-refractivity contribution in [2.45, 2.75) is 76.5 Å². The lowest BCUT2D eigenvalue weighted by Crippen LogP contribution is -2.46. The molecule has 17 heavy (non-hydrogen) atoms. The van der Waals surface area contributed by atoms with Crippen molar-refractivity contribution in [3.05, 3.63) is 0 Å². The molecule has 2 heterocycles. The molecule has 2 saturated heterocycles. The summed E-state index contributed by atoms with van der Waals surface area (Å²) >= 11 is 0. The van der Waals surface area contributed by atoms with Crippen LogP contribution < -0.4 is 0 Å². The summed E-state index contributed by atoms with van der Waals surface area (Å²) in [5.74, 6) is 0.340. The fraction of sp³-hybridized carbons (Fsp3) is 0.923. The first-order valence-corrected chi connectivity index (χ1v) is 9.45. The van der Waals surface area contributed by atoms with Gasteiger partial charge in [-0.2, -0.15) is 0 Å². The van der Waals surface area contributed by atoms with E-state index in [1.807, 2.05) is 0 Å². The number of hydrogen-bond donors (Lipinski definition) is 0. The van der Waals surface area contributed by atoms with E-state index >= 15 is 0 Å². The van der Waals surface area contributed by atoms with Crippen LogP contribution in [0.1, 0.15) is 40.0 Å². The number of rotatable bonds is 2. The Hall–Kier alpha value is -0.193. The van der Waals surface area contributed by atoms with Gasteiger partial charge in [0.15, 0.2) is 8.32 Å². The maximum atomic E-state index is 11.5. The van der Waals surface area contributed by atoms with Gasteiger partial charge in [0.2, 0.25) is 0 Å². The van der Waals surface area contributed by atoms with Crippen LogP contribution in [-0.2, 0) is 14.0 Å². The predicted molar refractivity (Wildman–Crippen MR) is 69.6 cm³/mol. The van der Waals surface area contributed by atoms with Crippen molar-refractivity contribution in [3.8, 4) is 0 Å². The van der Waals surface area contributed by atoms with Gasteiger partial charge in [0.05, 0.1) is 18.3 Å². The van der Waals surface area contributed by atoms with Crippen LogP contribution in [-0.4, -0.2) is 32.4 Å². The number of carbonyl (C=O) groups excluding carboxylic acids is 1. The first-order valence-electron chi connectivity index (χ1n) is 6.54. The molecule has 98 valence electrons. The maximum Gasteiger partial charge on any atom is 0.192 e. The average molecular weight is 256 g/mol. The van der Waals surface area contributed by atoms with E-state index in [2.05, 4.69) is 33.9 Å². The molecule has 2 aliphatic rings. The Morgan fingerprint density at radius 2 is 1.94 bits per heavy atom. The second-order valence-electron chi connectivity index (χ2n) is 6.90. The van der Waals surface area contributed by atoms with Crippen LogP contribution >= 0.6 is 0 Å². The van der Waals surface area contributed by atoms with Crippen LogP contribution in [0.15, 0.2) is 0 Å². The van der Waals surface area contributed by atoms with Crippen molar-refractivity contribution in [3.63, 3.8) is 0 Å². The fourth-order valence-corrected chi connectivity index (χ4v) is 3.71. The highest BCUT2D eigenvalue weighted by atomic mass is 28.4. The van der Waals surface area contributed by atoms with Gasteiger partial charge in [-0.25, -0.2) is 0 Å². The molecule has 3 atom stereocenters. The third-order valence-corrected chi connectivity index (χ3v) is 8.92. The van der Waals surface area contributed by atoms with E-state index in [0.717, 1.165) is 6.42 Å². The summed E-state index contributed by atoms with van der Waals surface area (Å²) in [6.07, 6.45) is 2.34. The smallest absolute Gasteiger partial charge is 0.192 e. The van der Waals surface area contributed by atoms with Crippen LogP contribution in [0.4, 0.5) is 0 Å². The molecule has 0 aromatic heterocycles. The molecule has 0 spiro atoms. The van der Waals surface area contributed by atoms with Crippen LogP contribution in [0.3, 0.4) is 0 Å². The highest BCUT2D eigenvalue weighted by Gasteiger charge is 2.47. The van der Waals surface area contributed by atoms with Gasteiger partial charge in [0.25, 0.3) is 0 Å². The summed E-state index contributed by atoms with van der Waals surface area (Å²) in [7, 11) is -1.74. The summed E-state index contributed by atoms with van der Waals surface area (Å²) in [5, 5.41) is 0.216. The van der Waals surface area contributed by atoms with Crippen molar-refractivity contribution in [1.29, 1.82) is 0 Å². The van der Waals surface area contributed by atoms with Gasteiger partial charge in [-0.15, -0.1) is 0 Å². The first kappa shape index (κ1) is 13.2. The van der Waals surface area contributed by atoms with E-state index < -0.39 is 8.32 Å². The molecule has 2 rings (SSSR count). The summed E-state index contributed by atoms with van der Waals surface area (Å²) in [4.78, 5) is 11.5. The molecule has 0 radical (unpaired) electrons. The fourth-order valence-electron chi connectivity index (χ4n) is 2.35. The third-order valence-electron chi connectivity index (χ3n) is 4.41. The molecule has 4 heteroatoms. The largest absolute Gasteiger partial charge is 0.411 e. The van der Waals surface area contributed by atoms with Crippen LogP contribution in [0.25, 0.3) is 0 Å².